The summed E-state index contributed by atoms with van der Waals surface area (Å²) in [5.74, 6) is -0.444. The number of aromatic nitrogens is 2. The highest BCUT2D eigenvalue weighted by Crippen LogP contribution is 2.20. The van der Waals surface area contributed by atoms with Crippen LogP contribution < -0.4 is 5.73 Å². The first kappa shape index (κ1) is 13.4. The Hall–Kier alpha value is -2.62. The van der Waals surface area contributed by atoms with E-state index >= 15 is 0 Å². The first-order valence-corrected chi connectivity index (χ1v) is 6.89. The number of hydrogen-bond donors (Lipinski definition) is 1. The molecule has 0 atom stereocenters. The third-order valence-corrected chi connectivity index (χ3v) is 3.78. The Balaban J connectivity index is 2.15. The molecule has 0 aliphatic rings. The molecule has 0 fully saturated rings. The average Bonchev–Trinajstić information content (AvgIpc) is 2.80. The number of pyridine rings is 1. The Kier molecular flexibility index (Phi) is 3.22. The van der Waals surface area contributed by atoms with Crippen LogP contribution in [0.25, 0.3) is 5.65 Å². The van der Waals surface area contributed by atoms with Gasteiger partial charge in [-0.1, -0.05) is 36.4 Å². The summed E-state index contributed by atoms with van der Waals surface area (Å²) in [5, 5.41) is 0. The molecule has 0 saturated heterocycles. The summed E-state index contributed by atoms with van der Waals surface area (Å²) in [5.41, 5.74) is 10.8. The van der Waals surface area contributed by atoms with E-state index in [2.05, 4.69) is 23.2 Å². The molecule has 0 unspecified atom stereocenters. The number of amides is 1. The van der Waals surface area contributed by atoms with Crippen LogP contribution in [-0.2, 0) is 6.42 Å². The summed E-state index contributed by atoms with van der Waals surface area (Å²) in [6, 6.07) is 14.2. The summed E-state index contributed by atoms with van der Waals surface area (Å²) < 4.78 is 1.86. The number of rotatable bonds is 3. The SMILES string of the molecule is Cc1nc2ccc(Cc3ccccc3)c(C)n2c1C(N)=O. The molecular weight excluding hydrogens is 262 g/mol. The maximum absolute atomic E-state index is 11.7. The number of imidazole rings is 1. The molecule has 21 heavy (non-hydrogen) atoms. The van der Waals surface area contributed by atoms with E-state index < -0.39 is 5.91 Å². The van der Waals surface area contributed by atoms with Crippen molar-refractivity contribution in [1.29, 1.82) is 0 Å². The van der Waals surface area contributed by atoms with Gasteiger partial charge >= 0.3 is 0 Å². The Morgan fingerprint density at radius 1 is 1.14 bits per heavy atom. The van der Waals surface area contributed by atoms with Gasteiger partial charge in [0, 0.05) is 5.69 Å². The molecule has 0 spiro atoms. The highest BCUT2D eigenvalue weighted by Gasteiger charge is 2.16. The van der Waals surface area contributed by atoms with Crippen molar-refractivity contribution in [2.24, 2.45) is 5.73 Å². The maximum Gasteiger partial charge on any atom is 0.267 e. The Morgan fingerprint density at radius 3 is 2.52 bits per heavy atom. The standard InChI is InChI=1S/C17H17N3O/c1-11-16(17(18)21)20-12(2)14(8-9-15(20)19-11)10-13-6-4-3-5-7-13/h3-9H,10H2,1-2H3,(H2,18,21). The van der Waals surface area contributed by atoms with Crippen LogP contribution in [0.15, 0.2) is 42.5 Å². The Bertz CT molecular complexity index is 819. The van der Waals surface area contributed by atoms with Crippen LogP contribution in [0.2, 0.25) is 0 Å². The van der Waals surface area contributed by atoms with Crippen LogP contribution >= 0.6 is 0 Å². The van der Waals surface area contributed by atoms with Gasteiger partial charge in [0.2, 0.25) is 0 Å². The zero-order chi connectivity index (χ0) is 15.0. The number of nitrogens with zero attached hydrogens (tertiary/aromatic N) is 2. The van der Waals surface area contributed by atoms with Crippen molar-refractivity contribution in [3.8, 4) is 0 Å². The molecule has 0 bridgehead atoms. The molecule has 0 radical (unpaired) electrons. The lowest BCUT2D eigenvalue weighted by Crippen LogP contribution is -2.16. The molecule has 2 aromatic heterocycles. The lowest BCUT2D eigenvalue weighted by Gasteiger charge is -2.10. The second kappa shape index (κ2) is 5.05. The number of benzene rings is 1. The lowest BCUT2D eigenvalue weighted by molar-refractivity contribution is 0.0994. The van der Waals surface area contributed by atoms with Crippen molar-refractivity contribution in [2.75, 3.05) is 0 Å². The molecule has 2 heterocycles. The number of carbonyl (C=O) groups excluding carboxylic acids is 1. The van der Waals surface area contributed by atoms with E-state index in [1.807, 2.05) is 42.5 Å². The second-order valence-corrected chi connectivity index (χ2v) is 5.21. The van der Waals surface area contributed by atoms with Gasteiger partial charge in [0.05, 0.1) is 5.69 Å². The summed E-state index contributed by atoms with van der Waals surface area (Å²) in [6.07, 6.45) is 0.818. The summed E-state index contributed by atoms with van der Waals surface area (Å²) in [6.45, 7) is 3.81. The summed E-state index contributed by atoms with van der Waals surface area (Å²) >= 11 is 0. The van der Waals surface area contributed by atoms with Crippen LogP contribution in [0, 0.1) is 13.8 Å². The van der Waals surface area contributed by atoms with E-state index in [0.717, 1.165) is 23.3 Å². The van der Waals surface area contributed by atoms with Gasteiger partial charge in [-0.2, -0.15) is 0 Å². The fourth-order valence-electron chi connectivity index (χ4n) is 2.73. The third kappa shape index (κ3) is 2.29. The van der Waals surface area contributed by atoms with Crippen molar-refractivity contribution < 1.29 is 4.79 Å². The van der Waals surface area contributed by atoms with Gasteiger partial charge in [-0.25, -0.2) is 4.98 Å². The predicted molar refractivity (Wildman–Crippen MR) is 82.4 cm³/mol. The van der Waals surface area contributed by atoms with Crippen LogP contribution in [0.3, 0.4) is 0 Å². The highest BCUT2D eigenvalue weighted by atomic mass is 16.1. The highest BCUT2D eigenvalue weighted by molar-refractivity contribution is 5.93. The molecule has 4 heteroatoms. The molecule has 3 aromatic rings. The van der Waals surface area contributed by atoms with Crippen molar-refractivity contribution in [3.05, 3.63) is 70.7 Å². The molecule has 4 nitrogen and oxygen atoms in total. The van der Waals surface area contributed by atoms with E-state index in [-0.39, 0.29) is 0 Å². The third-order valence-electron chi connectivity index (χ3n) is 3.78. The van der Waals surface area contributed by atoms with E-state index in [0.29, 0.717) is 11.4 Å². The van der Waals surface area contributed by atoms with Crippen LogP contribution in [0.1, 0.15) is 33.0 Å². The number of nitrogens with two attached hydrogens (primary N) is 1. The molecule has 2 N–H and O–H groups in total. The minimum atomic E-state index is -0.444. The zero-order valence-electron chi connectivity index (χ0n) is 12.1. The molecule has 1 amide bonds. The fraction of sp³-hybridized carbons (Fsp3) is 0.176. The van der Waals surface area contributed by atoms with Crippen LogP contribution in [0.4, 0.5) is 0 Å². The smallest absolute Gasteiger partial charge is 0.267 e. The molecule has 106 valence electrons. The molecular formula is C17H17N3O. The average molecular weight is 279 g/mol. The van der Waals surface area contributed by atoms with Crippen molar-refractivity contribution in [3.63, 3.8) is 0 Å². The van der Waals surface area contributed by atoms with E-state index in [1.165, 1.54) is 5.56 Å². The first-order valence-electron chi connectivity index (χ1n) is 6.89. The van der Waals surface area contributed by atoms with Crippen molar-refractivity contribution in [1.82, 2.24) is 9.38 Å². The number of aryl methyl sites for hydroxylation is 2. The lowest BCUT2D eigenvalue weighted by atomic mass is 10.0. The topological polar surface area (TPSA) is 60.4 Å². The minimum Gasteiger partial charge on any atom is -0.364 e. The first-order chi connectivity index (χ1) is 10.1. The molecule has 1 aromatic carbocycles. The summed E-state index contributed by atoms with van der Waals surface area (Å²) in [4.78, 5) is 16.1. The zero-order valence-corrected chi connectivity index (χ0v) is 12.1. The van der Waals surface area contributed by atoms with E-state index in [4.69, 9.17) is 5.73 Å². The monoisotopic (exact) mass is 279 g/mol. The van der Waals surface area contributed by atoms with Gasteiger partial charge in [-0.3, -0.25) is 9.20 Å². The number of fused-ring (bicyclic) bond motifs is 1. The number of primary amides is 1. The minimum absolute atomic E-state index is 0.444. The van der Waals surface area contributed by atoms with Gasteiger partial charge in [0.25, 0.3) is 5.91 Å². The Labute approximate surface area is 123 Å². The fourth-order valence-corrected chi connectivity index (χ4v) is 2.73. The van der Waals surface area contributed by atoms with Gasteiger partial charge in [-0.05, 0) is 37.5 Å². The maximum atomic E-state index is 11.7. The van der Waals surface area contributed by atoms with Gasteiger partial charge in [0.1, 0.15) is 11.3 Å². The van der Waals surface area contributed by atoms with Gasteiger partial charge in [0.15, 0.2) is 0 Å². The molecule has 3 rings (SSSR count). The van der Waals surface area contributed by atoms with Crippen molar-refractivity contribution >= 4 is 11.6 Å². The molecule has 0 aliphatic heterocycles. The largest absolute Gasteiger partial charge is 0.364 e. The van der Waals surface area contributed by atoms with E-state index in [9.17, 15) is 4.79 Å². The predicted octanol–water partition coefficient (Wildman–Crippen LogP) is 2.64. The summed E-state index contributed by atoms with van der Waals surface area (Å²) in [7, 11) is 0. The quantitative estimate of drug-likeness (QED) is 0.801. The normalized spacial score (nSPS) is 11.0. The molecule has 0 saturated carbocycles. The Morgan fingerprint density at radius 2 is 1.86 bits per heavy atom. The second-order valence-electron chi connectivity index (χ2n) is 5.21. The van der Waals surface area contributed by atoms with Gasteiger partial charge < -0.3 is 5.73 Å². The number of hydrogen-bond acceptors (Lipinski definition) is 2. The van der Waals surface area contributed by atoms with Gasteiger partial charge in [-0.15, -0.1) is 0 Å². The van der Waals surface area contributed by atoms with Crippen LogP contribution in [-0.4, -0.2) is 15.3 Å². The number of carbonyl (C=O) groups is 1. The van der Waals surface area contributed by atoms with E-state index in [1.54, 1.807) is 0 Å². The van der Waals surface area contributed by atoms with Crippen molar-refractivity contribution in [2.45, 2.75) is 20.3 Å². The molecule has 0 aliphatic carbocycles. The van der Waals surface area contributed by atoms with Crippen LogP contribution in [0.5, 0.6) is 0 Å².